The summed E-state index contributed by atoms with van der Waals surface area (Å²) in [6, 6.07) is 0. The van der Waals surface area contributed by atoms with Crippen LogP contribution in [0.15, 0.2) is 0 Å². The molecule has 0 unspecified atom stereocenters. The molecular weight excluding hydrogens is 235 g/mol. The van der Waals surface area contributed by atoms with E-state index in [1.807, 2.05) is 0 Å². The Bertz CT molecular complexity index is 165. The Morgan fingerprint density at radius 2 is 1.59 bits per heavy atom. The van der Waals surface area contributed by atoms with E-state index in [1.165, 1.54) is 0 Å². The highest BCUT2D eigenvalue weighted by Gasteiger charge is 2.26. The number of nitrogens with one attached hydrogen (secondary N) is 1. The van der Waals surface area contributed by atoms with E-state index in [0.717, 1.165) is 32.2 Å². The zero-order chi connectivity index (χ0) is 13.0. The summed E-state index contributed by atoms with van der Waals surface area (Å²) < 4.78 is 39.5. The van der Waals surface area contributed by atoms with Crippen LogP contribution in [-0.4, -0.2) is 44.2 Å². The molecule has 0 aromatic heterocycles. The maximum Gasteiger partial charge on any atom is 0.411 e. The molecule has 3 nitrogen and oxygen atoms in total. The van der Waals surface area contributed by atoms with Crippen LogP contribution in [0.1, 0.15) is 32.1 Å². The van der Waals surface area contributed by atoms with Crippen molar-refractivity contribution in [1.82, 2.24) is 5.32 Å². The lowest BCUT2D eigenvalue weighted by atomic mass is 10.2. The van der Waals surface area contributed by atoms with Gasteiger partial charge in [-0.3, -0.25) is 0 Å². The third-order valence-electron chi connectivity index (χ3n) is 2.17. The van der Waals surface area contributed by atoms with E-state index in [2.05, 4.69) is 10.1 Å². The SMILES string of the molecule is OCCCCCCNCCCOCC(F)(F)F. The number of rotatable bonds is 11. The molecule has 0 atom stereocenters. The molecule has 17 heavy (non-hydrogen) atoms. The number of hydrogen-bond donors (Lipinski definition) is 2. The molecule has 104 valence electrons. The van der Waals surface area contributed by atoms with Crippen LogP contribution < -0.4 is 5.32 Å². The summed E-state index contributed by atoms with van der Waals surface area (Å²) in [6.07, 6.45) is 0.326. The molecule has 0 amide bonds. The fourth-order valence-corrected chi connectivity index (χ4v) is 1.33. The molecule has 0 saturated heterocycles. The first-order valence-electron chi connectivity index (χ1n) is 6.02. The summed E-state index contributed by atoms with van der Waals surface area (Å²) in [6.45, 7) is 0.762. The van der Waals surface area contributed by atoms with Crippen molar-refractivity contribution in [1.29, 1.82) is 0 Å². The molecule has 2 N–H and O–H groups in total. The van der Waals surface area contributed by atoms with E-state index >= 15 is 0 Å². The molecule has 0 heterocycles. The average Bonchev–Trinajstić information content (AvgIpc) is 2.24. The summed E-state index contributed by atoms with van der Waals surface area (Å²) in [5, 5.41) is 11.7. The Balaban J connectivity index is 2.99. The molecule has 6 heteroatoms. The van der Waals surface area contributed by atoms with Gasteiger partial charge in [0.1, 0.15) is 6.61 Å². The number of aliphatic hydroxyl groups excluding tert-OH is 1. The van der Waals surface area contributed by atoms with Crippen molar-refractivity contribution in [3.63, 3.8) is 0 Å². The van der Waals surface area contributed by atoms with Crippen LogP contribution in [0.2, 0.25) is 0 Å². The predicted molar refractivity (Wildman–Crippen MR) is 59.9 cm³/mol. The van der Waals surface area contributed by atoms with E-state index < -0.39 is 12.8 Å². The van der Waals surface area contributed by atoms with Crippen molar-refractivity contribution < 1.29 is 23.0 Å². The minimum absolute atomic E-state index is 0.136. The third-order valence-corrected chi connectivity index (χ3v) is 2.17. The van der Waals surface area contributed by atoms with Crippen LogP contribution in [0, 0.1) is 0 Å². The van der Waals surface area contributed by atoms with Gasteiger partial charge in [-0.25, -0.2) is 0 Å². The van der Waals surface area contributed by atoms with Gasteiger partial charge < -0.3 is 15.2 Å². The molecule has 0 aliphatic heterocycles. The molecule has 0 rings (SSSR count). The van der Waals surface area contributed by atoms with E-state index in [4.69, 9.17) is 5.11 Å². The molecule has 0 aliphatic carbocycles. The molecule has 0 radical (unpaired) electrons. The second-order valence-electron chi connectivity index (χ2n) is 3.91. The van der Waals surface area contributed by atoms with E-state index in [0.29, 0.717) is 13.0 Å². The Morgan fingerprint density at radius 3 is 2.24 bits per heavy atom. The van der Waals surface area contributed by atoms with Gasteiger partial charge in [-0.2, -0.15) is 13.2 Å². The molecular formula is C11H22F3NO2. The number of unbranched alkanes of at least 4 members (excludes halogenated alkanes) is 3. The topological polar surface area (TPSA) is 41.5 Å². The Kier molecular flexibility index (Phi) is 10.6. The van der Waals surface area contributed by atoms with Crippen LogP contribution in [-0.2, 0) is 4.74 Å². The van der Waals surface area contributed by atoms with Gasteiger partial charge in [0.25, 0.3) is 0 Å². The molecule has 0 fully saturated rings. The molecule has 0 aromatic rings. The van der Waals surface area contributed by atoms with Crippen LogP contribution in [0.4, 0.5) is 13.2 Å². The van der Waals surface area contributed by atoms with Crippen LogP contribution in [0.25, 0.3) is 0 Å². The maximum atomic E-state index is 11.7. The zero-order valence-corrected chi connectivity index (χ0v) is 10.1. The first kappa shape index (κ1) is 16.7. The summed E-state index contributed by atoms with van der Waals surface area (Å²) in [4.78, 5) is 0. The maximum absolute atomic E-state index is 11.7. The zero-order valence-electron chi connectivity index (χ0n) is 10.1. The highest BCUT2D eigenvalue weighted by atomic mass is 19.4. The lowest BCUT2D eigenvalue weighted by Crippen LogP contribution is -2.21. The van der Waals surface area contributed by atoms with Crippen molar-refractivity contribution in [3.8, 4) is 0 Å². The predicted octanol–water partition coefficient (Wildman–Crippen LogP) is 2.10. The first-order valence-corrected chi connectivity index (χ1v) is 6.02. The number of halogens is 3. The minimum Gasteiger partial charge on any atom is -0.396 e. The fraction of sp³-hybridized carbons (Fsp3) is 1.00. The number of hydrogen-bond acceptors (Lipinski definition) is 3. The van der Waals surface area contributed by atoms with Crippen molar-refractivity contribution in [2.24, 2.45) is 0 Å². The number of alkyl halides is 3. The van der Waals surface area contributed by atoms with E-state index in [1.54, 1.807) is 0 Å². The average molecular weight is 257 g/mol. The van der Waals surface area contributed by atoms with Gasteiger partial charge in [0.2, 0.25) is 0 Å². The fourth-order valence-electron chi connectivity index (χ4n) is 1.33. The van der Waals surface area contributed by atoms with E-state index in [-0.39, 0.29) is 13.2 Å². The lowest BCUT2D eigenvalue weighted by Gasteiger charge is -2.08. The standard InChI is InChI=1S/C11H22F3NO2/c12-11(13,14)10-17-9-5-7-15-6-3-1-2-4-8-16/h15-16H,1-10H2. The molecule has 0 aromatic carbocycles. The normalized spacial score (nSPS) is 12.0. The van der Waals surface area contributed by atoms with Crippen molar-refractivity contribution in [2.45, 2.75) is 38.3 Å². The van der Waals surface area contributed by atoms with Gasteiger partial charge >= 0.3 is 6.18 Å². The Labute approximate surface area is 100 Å². The van der Waals surface area contributed by atoms with Crippen molar-refractivity contribution >= 4 is 0 Å². The van der Waals surface area contributed by atoms with Crippen molar-refractivity contribution in [3.05, 3.63) is 0 Å². The van der Waals surface area contributed by atoms with Crippen LogP contribution in [0.3, 0.4) is 0 Å². The van der Waals surface area contributed by atoms with Crippen molar-refractivity contribution in [2.75, 3.05) is 32.9 Å². The smallest absolute Gasteiger partial charge is 0.396 e. The summed E-state index contributed by atoms with van der Waals surface area (Å²) in [5.74, 6) is 0. The Hall–Kier alpha value is -0.330. The molecule has 0 aliphatic rings. The largest absolute Gasteiger partial charge is 0.411 e. The van der Waals surface area contributed by atoms with Crippen LogP contribution in [0.5, 0.6) is 0 Å². The quantitative estimate of drug-likeness (QED) is 0.557. The minimum atomic E-state index is -4.22. The Morgan fingerprint density at radius 1 is 0.941 bits per heavy atom. The summed E-state index contributed by atoms with van der Waals surface area (Å²) in [7, 11) is 0. The summed E-state index contributed by atoms with van der Waals surface area (Å²) in [5.41, 5.74) is 0. The molecule has 0 spiro atoms. The second-order valence-corrected chi connectivity index (χ2v) is 3.91. The molecule has 0 saturated carbocycles. The van der Waals surface area contributed by atoms with Gasteiger partial charge in [0.15, 0.2) is 0 Å². The number of ether oxygens (including phenoxy) is 1. The third kappa shape index (κ3) is 15.7. The highest BCUT2D eigenvalue weighted by Crippen LogP contribution is 2.14. The van der Waals surface area contributed by atoms with Gasteiger partial charge in [-0.15, -0.1) is 0 Å². The van der Waals surface area contributed by atoms with Gasteiger partial charge in [0, 0.05) is 13.2 Å². The lowest BCUT2D eigenvalue weighted by molar-refractivity contribution is -0.173. The van der Waals surface area contributed by atoms with Gasteiger partial charge in [0.05, 0.1) is 0 Å². The summed E-state index contributed by atoms with van der Waals surface area (Å²) >= 11 is 0. The molecule has 0 bridgehead atoms. The number of aliphatic hydroxyl groups is 1. The monoisotopic (exact) mass is 257 g/mol. The highest BCUT2D eigenvalue weighted by molar-refractivity contribution is 4.50. The second kappa shape index (κ2) is 10.8. The van der Waals surface area contributed by atoms with Gasteiger partial charge in [-0.1, -0.05) is 12.8 Å². The van der Waals surface area contributed by atoms with E-state index in [9.17, 15) is 13.2 Å². The van der Waals surface area contributed by atoms with Crippen LogP contribution >= 0.6 is 0 Å². The van der Waals surface area contributed by atoms with Gasteiger partial charge in [-0.05, 0) is 32.4 Å². The first-order chi connectivity index (χ1) is 8.06.